The van der Waals surface area contributed by atoms with E-state index in [9.17, 15) is 0 Å². The first-order valence-electron chi connectivity index (χ1n) is 9.31. The fourth-order valence-electron chi connectivity index (χ4n) is 3.34. The first-order valence-corrected chi connectivity index (χ1v) is 9.31. The summed E-state index contributed by atoms with van der Waals surface area (Å²) in [6.45, 7) is 8.48. The maximum atomic E-state index is 6.11. The Balaban J connectivity index is 1.72. The monoisotopic (exact) mass is 318 g/mol. The molecule has 1 saturated carbocycles. The van der Waals surface area contributed by atoms with E-state index in [0.29, 0.717) is 12.5 Å². The van der Waals surface area contributed by atoms with Crippen LogP contribution in [0, 0.1) is 11.8 Å². The van der Waals surface area contributed by atoms with Crippen molar-refractivity contribution < 1.29 is 4.74 Å². The van der Waals surface area contributed by atoms with Crippen LogP contribution < -0.4 is 15.8 Å². The molecule has 0 aromatic heterocycles. The zero-order valence-electron chi connectivity index (χ0n) is 15.1. The molecule has 1 aliphatic carbocycles. The fourth-order valence-corrected chi connectivity index (χ4v) is 3.34. The van der Waals surface area contributed by atoms with Crippen LogP contribution in [-0.4, -0.2) is 19.2 Å². The lowest BCUT2D eigenvalue weighted by atomic mass is 9.86. The average molecular weight is 319 g/mol. The van der Waals surface area contributed by atoms with Gasteiger partial charge in [-0.15, -0.1) is 0 Å². The zero-order chi connectivity index (χ0) is 16.7. The Morgan fingerprint density at radius 2 is 2.04 bits per heavy atom. The highest BCUT2D eigenvalue weighted by atomic mass is 16.5. The van der Waals surface area contributed by atoms with Crippen molar-refractivity contribution in [2.75, 3.05) is 18.9 Å². The standard InChI is InChI=1S/C20H34N2O/c1-15(2)14-23-20-11-10-17(13-18(20)21)8-6-12-22-19-9-5-4-7-16(19)3/h10-11,13,15-16,19,22H,4-9,12,14,21H2,1-3H3. The van der Waals surface area contributed by atoms with Gasteiger partial charge in [-0.3, -0.25) is 0 Å². The molecule has 0 radical (unpaired) electrons. The minimum Gasteiger partial charge on any atom is -0.491 e. The van der Waals surface area contributed by atoms with Crippen molar-refractivity contribution in [3.05, 3.63) is 23.8 Å². The molecule has 2 atom stereocenters. The van der Waals surface area contributed by atoms with Crippen LogP contribution in [0.4, 0.5) is 5.69 Å². The highest BCUT2D eigenvalue weighted by molar-refractivity contribution is 5.54. The summed E-state index contributed by atoms with van der Waals surface area (Å²) >= 11 is 0. The fraction of sp³-hybridized carbons (Fsp3) is 0.700. The van der Waals surface area contributed by atoms with Crippen molar-refractivity contribution >= 4 is 5.69 Å². The molecule has 2 rings (SSSR count). The summed E-state index contributed by atoms with van der Waals surface area (Å²) in [7, 11) is 0. The molecular formula is C20H34N2O. The van der Waals surface area contributed by atoms with Crippen LogP contribution in [0.25, 0.3) is 0 Å². The maximum absolute atomic E-state index is 6.11. The van der Waals surface area contributed by atoms with Gasteiger partial charge in [-0.1, -0.05) is 39.7 Å². The summed E-state index contributed by atoms with van der Waals surface area (Å²) < 4.78 is 5.73. The molecule has 130 valence electrons. The van der Waals surface area contributed by atoms with Gasteiger partial charge in [0.1, 0.15) is 5.75 Å². The molecule has 0 amide bonds. The second-order valence-electron chi connectivity index (χ2n) is 7.50. The minimum absolute atomic E-state index is 0.516. The third-order valence-electron chi connectivity index (χ3n) is 4.81. The van der Waals surface area contributed by atoms with Crippen LogP contribution in [-0.2, 0) is 6.42 Å². The Kier molecular flexibility index (Phi) is 7.22. The second kappa shape index (κ2) is 9.17. The molecule has 2 unspecified atom stereocenters. The van der Waals surface area contributed by atoms with Gasteiger partial charge >= 0.3 is 0 Å². The third kappa shape index (κ3) is 6.06. The van der Waals surface area contributed by atoms with E-state index >= 15 is 0 Å². The molecule has 3 heteroatoms. The van der Waals surface area contributed by atoms with Crippen molar-refractivity contribution in [1.82, 2.24) is 5.32 Å². The van der Waals surface area contributed by atoms with Crippen LogP contribution in [0.3, 0.4) is 0 Å². The van der Waals surface area contributed by atoms with E-state index in [4.69, 9.17) is 10.5 Å². The maximum Gasteiger partial charge on any atom is 0.142 e. The highest BCUT2D eigenvalue weighted by Gasteiger charge is 2.19. The summed E-state index contributed by atoms with van der Waals surface area (Å²) in [5.74, 6) is 2.16. The van der Waals surface area contributed by atoms with E-state index in [-0.39, 0.29) is 0 Å². The van der Waals surface area contributed by atoms with E-state index in [1.807, 2.05) is 6.07 Å². The minimum atomic E-state index is 0.516. The van der Waals surface area contributed by atoms with Gasteiger partial charge in [-0.05, 0) is 61.8 Å². The molecule has 23 heavy (non-hydrogen) atoms. The molecule has 1 aromatic rings. The number of hydrogen-bond donors (Lipinski definition) is 2. The van der Waals surface area contributed by atoms with Crippen molar-refractivity contribution in [3.63, 3.8) is 0 Å². The van der Waals surface area contributed by atoms with Gasteiger partial charge in [-0.25, -0.2) is 0 Å². The van der Waals surface area contributed by atoms with Crippen LogP contribution in [0.15, 0.2) is 18.2 Å². The highest BCUT2D eigenvalue weighted by Crippen LogP contribution is 2.25. The van der Waals surface area contributed by atoms with Gasteiger partial charge < -0.3 is 15.8 Å². The number of nitrogens with one attached hydrogen (secondary N) is 1. The Hall–Kier alpha value is -1.22. The molecule has 0 aliphatic heterocycles. The van der Waals surface area contributed by atoms with Crippen LogP contribution in [0.5, 0.6) is 5.75 Å². The Morgan fingerprint density at radius 1 is 1.26 bits per heavy atom. The molecule has 0 bridgehead atoms. The Morgan fingerprint density at radius 3 is 2.74 bits per heavy atom. The molecule has 0 saturated heterocycles. The summed E-state index contributed by atoms with van der Waals surface area (Å²) in [5, 5.41) is 3.74. The van der Waals surface area contributed by atoms with E-state index in [2.05, 4.69) is 38.2 Å². The van der Waals surface area contributed by atoms with E-state index in [1.54, 1.807) is 0 Å². The third-order valence-corrected chi connectivity index (χ3v) is 4.81. The number of nitrogen functional groups attached to an aromatic ring is 1. The van der Waals surface area contributed by atoms with E-state index < -0.39 is 0 Å². The van der Waals surface area contributed by atoms with Gasteiger partial charge in [0.25, 0.3) is 0 Å². The van der Waals surface area contributed by atoms with Gasteiger partial charge in [-0.2, -0.15) is 0 Å². The lowest BCUT2D eigenvalue weighted by Gasteiger charge is -2.29. The molecule has 0 spiro atoms. The summed E-state index contributed by atoms with van der Waals surface area (Å²) in [4.78, 5) is 0. The number of rotatable bonds is 8. The lowest BCUT2D eigenvalue weighted by Crippen LogP contribution is -2.37. The predicted molar refractivity (Wildman–Crippen MR) is 98.9 cm³/mol. The number of aryl methyl sites for hydroxylation is 1. The molecular weight excluding hydrogens is 284 g/mol. The second-order valence-corrected chi connectivity index (χ2v) is 7.50. The predicted octanol–water partition coefficient (Wildman–Crippen LogP) is 4.40. The first kappa shape index (κ1) is 18.1. The van der Waals surface area contributed by atoms with Gasteiger partial charge in [0.2, 0.25) is 0 Å². The number of anilines is 1. The quantitative estimate of drug-likeness (QED) is 0.551. The summed E-state index contributed by atoms with van der Waals surface area (Å²) in [6, 6.07) is 6.96. The number of nitrogens with two attached hydrogens (primary N) is 1. The van der Waals surface area contributed by atoms with Crippen molar-refractivity contribution in [1.29, 1.82) is 0 Å². The van der Waals surface area contributed by atoms with Gasteiger partial charge in [0.05, 0.1) is 12.3 Å². The topological polar surface area (TPSA) is 47.3 Å². The molecule has 1 fully saturated rings. The smallest absolute Gasteiger partial charge is 0.142 e. The molecule has 3 N–H and O–H groups in total. The SMILES string of the molecule is CC(C)COc1ccc(CCCNC2CCCCC2C)cc1N. The normalized spacial score (nSPS) is 21.6. The average Bonchev–Trinajstić information content (AvgIpc) is 2.52. The van der Waals surface area contributed by atoms with Crippen LogP contribution in [0.2, 0.25) is 0 Å². The zero-order valence-corrected chi connectivity index (χ0v) is 15.1. The lowest BCUT2D eigenvalue weighted by molar-refractivity contribution is 0.272. The molecule has 1 aromatic carbocycles. The molecule has 0 heterocycles. The largest absolute Gasteiger partial charge is 0.491 e. The Labute approximate surface area is 142 Å². The number of hydrogen-bond acceptors (Lipinski definition) is 3. The van der Waals surface area contributed by atoms with Crippen molar-refractivity contribution in [2.45, 2.75) is 65.3 Å². The van der Waals surface area contributed by atoms with Crippen molar-refractivity contribution in [3.8, 4) is 5.75 Å². The van der Waals surface area contributed by atoms with Gasteiger partial charge in [0, 0.05) is 6.04 Å². The first-order chi connectivity index (χ1) is 11.1. The molecule has 3 nitrogen and oxygen atoms in total. The van der Waals surface area contributed by atoms with E-state index in [1.165, 1.54) is 31.2 Å². The van der Waals surface area contributed by atoms with E-state index in [0.717, 1.165) is 42.8 Å². The van der Waals surface area contributed by atoms with Gasteiger partial charge in [0.15, 0.2) is 0 Å². The summed E-state index contributed by atoms with van der Waals surface area (Å²) in [6.07, 6.45) is 7.75. The Bertz CT molecular complexity index is 473. The van der Waals surface area contributed by atoms with Crippen LogP contribution in [0.1, 0.15) is 58.4 Å². The summed E-state index contributed by atoms with van der Waals surface area (Å²) in [5.41, 5.74) is 8.17. The van der Waals surface area contributed by atoms with Crippen molar-refractivity contribution in [2.24, 2.45) is 11.8 Å². The molecule has 1 aliphatic rings. The van der Waals surface area contributed by atoms with Crippen LogP contribution >= 0.6 is 0 Å². The number of ether oxygens (including phenoxy) is 1. The number of benzene rings is 1.